The fourth-order valence-corrected chi connectivity index (χ4v) is 1.90. The largest absolute Gasteiger partial charge is 0.313 e. The van der Waals surface area contributed by atoms with Crippen LogP contribution in [-0.4, -0.2) is 36.6 Å². The second-order valence-corrected chi connectivity index (χ2v) is 3.52. The molecule has 0 radical (unpaired) electrons. The maximum atomic E-state index is 3.36. The van der Waals surface area contributed by atoms with E-state index in [9.17, 15) is 0 Å². The normalized spacial score (nSPS) is 30.9. The summed E-state index contributed by atoms with van der Waals surface area (Å²) in [4.78, 5) is 2.63. The highest BCUT2D eigenvalue weighted by atomic mass is 15.3. The van der Waals surface area contributed by atoms with Gasteiger partial charge in [-0.3, -0.25) is 4.90 Å². The maximum Gasteiger partial charge on any atom is 0.0455 e. The highest BCUT2D eigenvalue weighted by Gasteiger charge is 2.42. The average Bonchev–Trinajstić information content (AvgIpc) is 1.73. The molecule has 0 unspecified atom stereocenters. The Hall–Kier alpha value is -0.0800. The lowest BCUT2D eigenvalue weighted by Crippen LogP contribution is -2.71. The number of rotatable bonds is 2. The van der Waals surface area contributed by atoms with Crippen LogP contribution >= 0.6 is 0 Å². The molecule has 10 heavy (non-hydrogen) atoms. The first-order valence-electron chi connectivity index (χ1n) is 4.33. The Bertz CT molecular complexity index is 120. The topological polar surface area (TPSA) is 15.3 Å². The minimum atomic E-state index is 0.582. The van der Waals surface area contributed by atoms with E-state index in [4.69, 9.17) is 0 Å². The van der Waals surface area contributed by atoms with Gasteiger partial charge in [-0.25, -0.2) is 0 Å². The quantitative estimate of drug-likeness (QED) is 0.599. The van der Waals surface area contributed by atoms with Crippen LogP contribution in [0.2, 0.25) is 0 Å². The van der Waals surface area contributed by atoms with Gasteiger partial charge in [0.05, 0.1) is 0 Å². The van der Waals surface area contributed by atoms with E-state index in [2.05, 4.69) is 17.1 Å². The smallest absolute Gasteiger partial charge is 0.0455 e. The SMILES string of the molecule is CCC1(N2CCC2)CNC1. The minimum absolute atomic E-state index is 0.582. The molecule has 0 aliphatic carbocycles. The van der Waals surface area contributed by atoms with Crippen molar-refractivity contribution in [2.45, 2.75) is 25.3 Å². The number of hydrogen-bond acceptors (Lipinski definition) is 2. The molecule has 0 aromatic rings. The van der Waals surface area contributed by atoms with Crippen LogP contribution < -0.4 is 5.32 Å². The van der Waals surface area contributed by atoms with Crippen molar-refractivity contribution < 1.29 is 0 Å². The molecule has 2 rings (SSSR count). The van der Waals surface area contributed by atoms with Gasteiger partial charge in [0.2, 0.25) is 0 Å². The lowest BCUT2D eigenvalue weighted by Gasteiger charge is -2.54. The summed E-state index contributed by atoms with van der Waals surface area (Å²) in [5.74, 6) is 0. The first kappa shape index (κ1) is 6.62. The minimum Gasteiger partial charge on any atom is -0.313 e. The molecule has 0 atom stereocenters. The molecule has 2 heteroatoms. The van der Waals surface area contributed by atoms with Crippen molar-refractivity contribution in [1.82, 2.24) is 10.2 Å². The van der Waals surface area contributed by atoms with E-state index in [-0.39, 0.29) is 0 Å². The van der Waals surface area contributed by atoms with Crippen molar-refractivity contribution in [1.29, 1.82) is 0 Å². The Balaban J connectivity index is 1.96. The Morgan fingerprint density at radius 1 is 1.40 bits per heavy atom. The molecule has 0 bridgehead atoms. The molecule has 2 heterocycles. The van der Waals surface area contributed by atoms with E-state index in [0.717, 1.165) is 0 Å². The van der Waals surface area contributed by atoms with Gasteiger partial charge < -0.3 is 5.32 Å². The summed E-state index contributed by atoms with van der Waals surface area (Å²) in [6.45, 7) is 7.44. The van der Waals surface area contributed by atoms with Crippen LogP contribution in [0.4, 0.5) is 0 Å². The van der Waals surface area contributed by atoms with Crippen LogP contribution in [0.3, 0.4) is 0 Å². The van der Waals surface area contributed by atoms with Gasteiger partial charge in [-0.1, -0.05) is 6.92 Å². The second kappa shape index (κ2) is 2.21. The second-order valence-electron chi connectivity index (χ2n) is 3.52. The van der Waals surface area contributed by atoms with Gasteiger partial charge in [0.25, 0.3) is 0 Å². The maximum absolute atomic E-state index is 3.36. The van der Waals surface area contributed by atoms with Crippen LogP contribution in [0.25, 0.3) is 0 Å². The molecule has 2 nitrogen and oxygen atoms in total. The summed E-state index contributed by atoms with van der Waals surface area (Å²) in [6, 6.07) is 0. The van der Waals surface area contributed by atoms with E-state index < -0.39 is 0 Å². The van der Waals surface area contributed by atoms with Gasteiger partial charge in [0.1, 0.15) is 0 Å². The third kappa shape index (κ3) is 0.722. The Morgan fingerprint density at radius 3 is 2.20 bits per heavy atom. The molecular formula is C8H16N2. The Morgan fingerprint density at radius 2 is 2.10 bits per heavy atom. The van der Waals surface area contributed by atoms with Crippen LogP contribution in [-0.2, 0) is 0 Å². The van der Waals surface area contributed by atoms with Gasteiger partial charge in [-0.2, -0.15) is 0 Å². The van der Waals surface area contributed by atoms with Gasteiger partial charge in [-0.05, 0) is 12.8 Å². The zero-order chi connectivity index (χ0) is 7.03. The lowest BCUT2D eigenvalue weighted by atomic mass is 9.85. The fraction of sp³-hybridized carbons (Fsp3) is 1.00. The average molecular weight is 140 g/mol. The summed E-state index contributed by atoms with van der Waals surface area (Å²) in [5, 5.41) is 3.36. The van der Waals surface area contributed by atoms with Gasteiger partial charge in [-0.15, -0.1) is 0 Å². The molecule has 2 aliphatic rings. The first-order chi connectivity index (χ1) is 4.87. The number of hydrogen-bond donors (Lipinski definition) is 1. The van der Waals surface area contributed by atoms with Gasteiger partial charge in [0.15, 0.2) is 0 Å². The molecule has 2 aliphatic heterocycles. The number of likely N-dealkylation sites (tertiary alicyclic amines) is 1. The van der Waals surface area contributed by atoms with E-state index in [0.29, 0.717) is 5.54 Å². The van der Waals surface area contributed by atoms with Crippen LogP contribution in [0, 0.1) is 0 Å². The number of nitrogens with zero attached hydrogens (tertiary/aromatic N) is 1. The van der Waals surface area contributed by atoms with Gasteiger partial charge >= 0.3 is 0 Å². The molecule has 0 aromatic heterocycles. The monoisotopic (exact) mass is 140 g/mol. The fourth-order valence-electron chi connectivity index (χ4n) is 1.90. The molecule has 2 saturated heterocycles. The first-order valence-corrected chi connectivity index (χ1v) is 4.33. The Kier molecular flexibility index (Phi) is 1.46. The predicted octanol–water partition coefficient (Wildman–Crippen LogP) is 0.444. The summed E-state index contributed by atoms with van der Waals surface area (Å²) in [6.07, 6.45) is 2.74. The standard InChI is InChI=1S/C8H16N2/c1-2-8(6-9-7-8)10-4-3-5-10/h9H,2-7H2,1H3. The summed E-state index contributed by atoms with van der Waals surface area (Å²) in [7, 11) is 0. The number of nitrogens with one attached hydrogen (secondary N) is 1. The van der Waals surface area contributed by atoms with Crippen molar-refractivity contribution in [3.8, 4) is 0 Å². The van der Waals surface area contributed by atoms with Crippen LogP contribution in [0.15, 0.2) is 0 Å². The zero-order valence-corrected chi connectivity index (χ0v) is 6.69. The summed E-state index contributed by atoms with van der Waals surface area (Å²) < 4.78 is 0. The van der Waals surface area contributed by atoms with E-state index in [1.165, 1.54) is 39.0 Å². The van der Waals surface area contributed by atoms with Crippen molar-refractivity contribution in [2.75, 3.05) is 26.2 Å². The van der Waals surface area contributed by atoms with E-state index in [1.807, 2.05) is 0 Å². The van der Waals surface area contributed by atoms with E-state index >= 15 is 0 Å². The summed E-state index contributed by atoms with van der Waals surface area (Å²) >= 11 is 0. The molecular weight excluding hydrogens is 124 g/mol. The summed E-state index contributed by atoms with van der Waals surface area (Å²) in [5.41, 5.74) is 0.582. The van der Waals surface area contributed by atoms with Crippen LogP contribution in [0.1, 0.15) is 19.8 Å². The zero-order valence-electron chi connectivity index (χ0n) is 6.69. The molecule has 58 valence electrons. The molecule has 0 aromatic carbocycles. The van der Waals surface area contributed by atoms with Crippen LogP contribution in [0.5, 0.6) is 0 Å². The highest BCUT2D eigenvalue weighted by molar-refractivity contribution is 5.03. The van der Waals surface area contributed by atoms with Crippen molar-refractivity contribution in [3.63, 3.8) is 0 Å². The Labute approximate surface area is 62.6 Å². The van der Waals surface area contributed by atoms with Crippen molar-refractivity contribution >= 4 is 0 Å². The third-order valence-electron chi connectivity index (χ3n) is 3.09. The third-order valence-corrected chi connectivity index (χ3v) is 3.09. The highest BCUT2D eigenvalue weighted by Crippen LogP contribution is 2.28. The molecule has 1 N–H and O–H groups in total. The van der Waals surface area contributed by atoms with Gasteiger partial charge in [0, 0.05) is 31.7 Å². The van der Waals surface area contributed by atoms with Crippen molar-refractivity contribution in [3.05, 3.63) is 0 Å². The molecule has 2 fully saturated rings. The lowest BCUT2D eigenvalue weighted by molar-refractivity contribution is -0.0122. The predicted molar refractivity (Wildman–Crippen MR) is 42.1 cm³/mol. The molecule has 0 amide bonds. The van der Waals surface area contributed by atoms with E-state index in [1.54, 1.807) is 0 Å². The van der Waals surface area contributed by atoms with Crippen molar-refractivity contribution in [2.24, 2.45) is 0 Å². The molecule has 0 spiro atoms. The molecule has 0 saturated carbocycles.